The van der Waals surface area contributed by atoms with E-state index in [1.807, 2.05) is 71.9 Å². The zero-order chi connectivity index (χ0) is 18.1. The Balaban J connectivity index is 2.51. The largest absolute Gasteiger partial charge is 0.347 e. The second kappa shape index (κ2) is 6.27. The van der Waals surface area contributed by atoms with Gasteiger partial charge in [0.25, 0.3) is 11.8 Å². The van der Waals surface area contributed by atoms with Crippen LogP contribution in [0.3, 0.4) is 0 Å². The number of nitrogens with one attached hydrogen (secondary N) is 2. The standard InChI is InChI=1S/C20H26N2O2/c1-19(2,3)21-17(23)15-12-16(18(24)22-20(4,5)6)14-11-9-7-8-10-13(14)15/h7-12H,1-6H3,(H,21,23)(H,22,24). The van der Waals surface area contributed by atoms with Crippen molar-refractivity contribution in [3.63, 3.8) is 0 Å². The molecule has 0 bridgehead atoms. The van der Waals surface area contributed by atoms with Gasteiger partial charge in [-0.1, -0.05) is 30.3 Å². The van der Waals surface area contributed by atoms with E-state index < -0.39 is 0 Å². The van der Waals surface area contributed by atoms with Crippen molar-refractivity contribution in [2.24, 2.45) is 0 Å². The van der Waals surface area contributed by atoms with Gasteiger partial charge in [-0.25, -0.2) is 0 Å². The fourth-order valence-corrected chi connectivity index (χ4v) is 2.51. The van der Waals surface area contributed by atoms with E-state index in [0.29, 0.717) is 11.1 Å². The lowest BCUT2D eigenvalue weighted by atomic mass is 10.0. The minimum atomic E-state index is -0.342. The van der Waals surface area contributed by atoms with E-state index in [9.17, 15) is 9.59 Å². The predicted octanol–water partition coefficient (Wildman–Crippen LogP) is 3.85. The Morgan fingerprint density at radius 2 is 1.08 bits per heavy atom. The number of fused-ring (bicyclic) bond motifs is 1. The first-order chi connectivity index (χ1) is 11.0. The molecule has 0 aromatic carbocycles. The molecule has 0 unspecified atom stereocenters. The molecule has 2 aliphatic rings. The van der Waals surface area contributed by atoms with Crippen molar-refractivity contribution >= 4 is 11.8 Å². The van der Waals surface area contributed by atoms with Crippen LogP contribution in [0, 0.1) is 0 Å². The maximum Gasteiger partial charge on any atom is 0.252 e. The second-order valence-corrected chi connectivity index (χ2v) is 8.12. The summed E-state index contributed by atoms with van der Waals surface area (Å²) in [6.45, 7) is 11.6. The molecule has 0 fully saturated rings. The molecular formula is C20H26N2O2. The maximum absolute atomic E-state index is 12.7. The molecular weight excluding hydrogens is 300 g/mol. The molecule has 2 rings (SSSR count). The van der Waals surface area contributed by atoms with E-state index >= 15 is 0 Å². The Morgan fingerprint density at radius 1 is 0.708 bits per heavy atom. The lowest BCUT2D eigenvalue weighted by Crippen LogP contribution is -2.41. The maximum atomic E-state index is 12.7. The fourth-order valence-electron chi connectivity index (χ4n) is 2.51. The molecule has 128 valence electrons. The molecule has 0 saturated carbocycles. The fraction of sp³-hybridized carbons (Fsp3) is 0.400. The highest BCUT2D eigenvalue weighted by Gasteiger charge is 2.26. The molecule has 0 heterocycles. The summed E-state index contributed by atoms with van der Waals surface area (Å²) in [5.74, 6) is -0.345. The van der Waals surface area contributed by atoms with Gasteiger partial charge in [0.05, 0.1) is 0 Å². The van der Waals surface area contributed by atoms with Crippen LogP contribution in [0.15, 0.2) is 36.4 Å². The topological polar surface area (TPSA) is 58.2 Å². The Labute approximate surface area is 144 Å². The highest BCUT2D eigenvalue weighted by molar-refractivity contribution is 6.11. The average molecular weight is 326 g/mol. The second-order valence-electron chi connectivity index (χ2n) is 8.12. The van der Waals surface area contributed by atoms with Crippen LogP contribution in [-0.2, 0) is 0 Å². The first-order valence-electron chi connectivity index (χ1n) is 8.15. The third kappa shape index (κ3) is 4.34. The summed E-state index contributed by atoms with van der Waals surface area (Å²) >= 11 is 0. The molecule has 0 aliphatic heterocycles. The minimum absolute atomic E-state index is 0.173. The summed E-state index contributed by atoms with van der Waals surface area (Å²) < 4.78 is 0. The van der Waals surface area contributed by atoms with Gasteiger partial charge in [-0.2, -0.15) is 0 Å². The summed E-state index contributed by atoms with van der Waals surface area (Å²) in [6.07, 6.45) is 0. The zero-order valence-corrected chi connectivity index (χ0v) is 15.3. The van der Waals surface area contributed by atoms with Crippen molar-refractivity contribution in [1.82, 2.24) is 10.6 Å². The van der Waals surface area contributed by atoms with Gasteiger partial charge in [0.15, 0.2) is 0 Å². The highest BCUT2D eigenvalue weighted by atomic mass is 16.2. The van der Waals surface area contributed by atoms with Crippen molar-refractivity contribution in [3.05, 3.63) is 47.5 Å². The van der Waals surface area contributed by atoms with E-state index in [0.717, 1.165) is 11.1 Å². The minimum Gasteiger partial charge on any atom is -0.347 e. The predicted molar refractivity (Wildman–Crippen MR) is 97.5 cm³/mol. The van der Waals surface area contributed by atoms with Crippen LogP contribution in [0.5, 0.6) is 0 Å². The number of carbonyl (C=O) groups excluding carboxylic acids is 2. The summed E-state index contributed by atoms with van der Waals surface area (Å²) in [4.78, 5) is 25.3. The third-order valence-corrected chi connectivity index (χ3v) is 3.37. The lowest BCUT2D eigenvalue weighted by molar-refractivity contribution is 0.0916. The average Bonchev–Trinajstić information content (AvgIpc) is 2.58. The molecule has 0 aromatic rings. The lowest BCUT2D eigenvalue weighted by Gasteiger charge is -2.20. The molecule has 0 aromatic heterocycles. The Kier molecular flexibility index (Phi) is 4.70. The molecule has 0 saturated heterocycles. The smallest absolute Gasteiger partial charge is 0.252 e. The van der Waals surface area contributed by atoms with Gasteiger partial charge in [-0.05, 0) is 58.7 Å². The van der Waals surface area contributed by atoms with Gasteiger partial charge in [0.2, 0.25) is 0 Å². The van der Waals surface area contributed by atoms with Crippen molar-refractivity contribution < 1.29 is 9.59 Å². The van der Waals surface area contributed by atoms with E-state index in [1.165, 1.54) is 0 Å². The summed E-state index contributed by atoms with van der Waals surface area (Å²) in [5.41, 5.74) is 1.92. The van der Waals surface area contributed by atoms with Gasteiger partial charge >= 0.3 is 0 Å². The molecule has 24 heavy (non-hydrogen) atoms. The van der Waals surface area contributed by atoms with Crippen LogP contribution in [-0.4, -0.2) is 22.9 Å². The van der Waals surface area contributed by atoms with Gasteiger partial charge < -0.3 is 10.6 Å². The van der Waals surface area contributed by atoms with Crippen LogP contribution >= 0.6 is 0 Å². The Morgan fingerprint density at radius 3 is 1.42 bits per heavy atom. The van der Waals surface area contributed by atoms with E-state index in [-0.39, 0.29) is 22.9 Å². The molecule has 0 spiro atoms. The van der Waals surface area contributed by atoms with Gasteiger partial charge in [0, 0.05) is 22.2 Å². The van der Waals surface area contributed by atoms with E-state index in [1.54, 1.807) is 6.07 Å². The number of hydrogen-bond acceptors (Lipinski definition) is 2. The summed E-state index contributed by atoms with van der Waals surface area (Å²) in [5, 5.41) is 5.94. The van der Waals surface area contributed by atoms with Crippen molar-refractivity contribution in [2.75, 3.05) is 0 Å². The normalized spacial score (nSPS) is 12.1. The third-order valence-electron chi connectivity index (χ3n) is 3.37. The van der Waals surface area contributed by atoms with Gasteiger partial charge in [0.1, 0.15) is 0 Å². The number of carbonyl (C=O) groups is 2. The summed E-state index contributed by atoms with van der Waals surface area (Å²) in [6, 6.07) is 11.1. The van der Waals surface area contributed by atoms with Crippen LogP contribution in [0.4, 0.5) is 0 Å². The Bertz CT molecular complexity index is 677. The monoisotopic (exact) mass is 326 g/mol. The van der Waals surface area contributed by atoms with Gasteiger partial charge in [-0.15, -0.1) is 0 Å². The molecule has 0 radical (unpaired) electrons. The SMILES string of the molecule is CC(C)(C)NC(=O)c1cc(C(=O)NC(C)(C)C)c2cccccc1-2. The number of hydrogen-bond donors (Lipinski definition) is 2. The highest BCUT2D eigenvalue weighted by Crippen LogP contribution is 2.32. The van der Waals surface area contributed by atoms with Crippen molar-refractivity contribution in [1.29, 1.82) is 0 Å². The number of rotatable bonds is 2. The zero-order valence-electron chi connectivity index (χ0n) is 15.3. The molecule has 4 nitrogen and oxygen atoms in total. The molecule has 4 heteroatoms. The van der Waals surface area contributed by atoms with Gasteiger partial charge in [-0.3, -0.25) is 9.59 Å². The number of amides is 2. The van der Waals surface area contributed by atoms with Crippen LogP contribution < -0.4 is 10.6 Å². The first-order valence-corrected chi connectivity index (χ1v) is 8.15. The van der Waals surface area contributed by atoms with Crippen LogP contribution in [0.1, 0.15) is 62.3 Å². The Hall–Kier alpha value is -2.36. The molecule has 0 atom stereocenters. The van der Waals surface area contributed by atoms with Crippen LogP contribution in [0.2, 0.25) is 0 Å². The van der Waals surface area contributed by atoms with E-state index in [4.69, 9.17) is 0 Å². The van der Waals surface area contributed by atoms with Crippen molar-refractivity contribution in [2.45, 2.75) is 52.6 Å². The molecule has 2 N–H and O–H groups in total. The van der Waals surface area contributed by atoms with Crippen LogP contribution in [0.25, 0.3) is 11.1 Å². The summed E-state index contributed by atoms with van der Waals surface area (Å²) in [7, 11) is 0. The van der Waals surface area contributed by atoms with E-state index in [2.05, 4.69) is 10.6 Å². The molecule has 2 aliphatic carbocycles. The first kappa shape index (κ1) is 18.0. The van der Waals surface area contributed by atoms with Crippen molar-refractivity contribution in [3.8, 4) is 11.1 Å². The molecule has 2 amide bonds. The quantitative estimate of drug-likeness (QED) is 0.881.